The molecule has 4 heteroatoms. The molecule has 0 aromatic heterocycles. The predicted molar refractivity (Wildman–Crippen MR) is 75.7 cm³/mol. The van der Waals surface area contributed by atoms with E-state index in [2.05, 4.69) is 19.2 Å². The zero-order chi connectivity index (χ0) is 14.1. The standard InChI is InChI=1S/C15H28N2O2/c1-4-15(5-2)10-12(8-9-19-15)17-13(18)14(3,16)11-6-7-11/h11-12H,4-10,16H2,1-3H3,(H,17,18). The van der Waals surface area contributed by atoms with Crippen LogP contribution in [0.15, 0.2) is 0 Å². The van der Waals surface area contributed by atoms with Crippen molar-refractivity contribution in [2.24, 2.45) is 11.7 Å². The fourth-order valence-corrected chi connectivity index (χ4v) is 3.10. The lowest BCUT2D eigenvalue weighted by Crippen LogP contribution is -2.58. The maximum absolute atomic E-state index is 12.3. The highest BCUT2D eigenvalue weighted by molar-refractivity contribution is 5.86. The van der Waals surface area contributed by atoms with E-state index in [0.29, 0.717) is 5.92 Å². The second-order valence-electron chi connectivity index (χ2n) is 6.46. The summed E-state index contributed by atoms with van der Waals surface area (Å²) in [5.41, 5.74) is 5.42. The van der Waals surface area contributed by atoms with E-state index in [1.54, 1.807) is 0 Å². The van der Waals surface area contributed by atoms with Crippen LogP contribution in [0, 0.1) is 5.92 Å². The molecule has 0 aromatic carbocycles. The normalized spacial score (nSPS) is 29.6. The van der Waals surface area contributed by atoms with Crippen molar-refractivity contribution in [3.63, 3.8) is 0 Å². The lowest BCUT2D eigenvalue weighted by molar-refractivity contribution is -0.131. The van der Waals surface area contributed by atoms with Gasteiger partial charge in [-0.25, -0.2) is 0 Å². The monoisotopic (exact) mass is 268 g/mol. The van der Waals surface area contributed by atoms with Gasteiger partial charge in [0, 0.05) is 12.6 Å². The molecule has 19 heavy (non-hydrogen) atoms. The third-order valence-electron chi connectivity index (χ3n) is 5.03. The molecule has 0 bridgehead atoms. The SMILES string of the molecule is CCC1(CC)CC(NC(=O)C(C)(N)C2CC2)CCO1. The summed E-state index contributed by atoms with van der Waals surface area (Å²) in [4.78, 5) is 12.3. The molecule has 1 saturated heterocycles. The van der Waals surface area contributed by atoms with Crippen molar-refractivity contribution in [3.8, 4) is 0 Å². The maximum Gasteiger partial charge on any atom is 0.240 e. The van der Waals surface area contributed by atoms with Crippen molar-refractivity contribution in [3.05, 3.63) is 0 Å². The highest BCUT2D eigenvalue weighted by atomic mass is 16.5. The van der Waals surface area contributed by atoms with Gasteiger partial charge in [0.05, 0.1) is 11.1 Å². The van der Waals surface area contributed by atoms with Gasteiger partial charge in [-0.1, -0.05) is 13.8 Å². The van der Waals surface area contributed by atoms with Gasteiger partial charge in [-0.15, -0.1) is 0 Å². The van der Waals surface area contributed by atoms with Gasteiger partial charge in [0.1, 0.15) is 0 Å². The Morgan fingerprint density at radius 1 is 1.37 bits per heavy atom. The van der Waals surface area contributed by atoms with Crippen molar-refractivity contribution in [1.29, 1.82) is 0 Å². The van der Waals surface area contributed by atoms with E-state index in [-0.39, 0.29) is 17.6 Å². The van der Waals surface area contributed by atoms with E-state index < -0.39 is 5.54 Å². The molecule has 0 spiro atoms. The van der Waals surface area contributed by atoms with Crippen LogP contribution >= 0.6 is 0 Å². The van der Waals surface area contributed by atoms with Crippen molar-refractivity contribution in [2.75, 3.05) is 6.61 Å². The Balaban J connectivity index is 1.93. The number of hydrogen-bond donors (Lipinski definition) is 2. The molecule has 2 fully saturated rings. The van der Waals surface area contributed by atoms with Crippen LogP contribution in [0.2, 0.25) is 0 Å². The van der Waals surface area contributed by atoms with E-state index in [4.69, 9.17) is 10.5 Å². The molecular weight excluding hydrogens is 240 g/mol. The quantitative estimate of drug-likeness (QED) is 0.801. The van der Waals surface area contributed by atoms with Crippen molar-refractivity contribution in [2.45, 2.75) is 76.5 Å². The zero-order valence-corrected chi connectivity index (χ0v) is 12.5. The number of amides is 1. The van der Waals surface area contributed by atoms with Gasteiger partial charge in [0.2, 0.25) is 5.91 Å². The lowest BCUT2D eigenvalue weighted by atomic mass is 9.85. The van der Waals surface area contributed by atoms with Crippen LogP contribution < -0.4 is 11.1 Å². The lowest BCUT2D eigenvalue weighted by Gasteiger charge is -2.41. The summed E-state index contributed by atoms with van der Waals surface area (Å²) in [6.07, 6.45) is 5.97. The van der Waals surface area contributed by atoms with Gasteiger partial charge in [0.15, 0.2) is 0 Å². The second-order valence-corrected chi connectivity index (χ2v) is 6.46. The molecule has 1 amide bonds. The Labute approximate surface area is 116 Å². The van der Waals surface area contributed by atoms with Crippen LogP contribution in [0.1, 0.15) is 59.3 Å². The van der Waals surface area contributed by atoms with Crippen LogP contribution in [0.3, 0.4) is 0 Å². The van der Waals surface area contributed by atoms with E-state index in [1.807, 2.05) is 6.92 Å². The topological polar surface area (TPSA) is 64.4 Å². The Morgan fingerprint density at radius 3 is 2.53 bits per heavy atom. The van der Waals surface area contributed by atoms with Crippen LogP contribution in [0.25, 0.3) is 0 Å². The summed E-state index contributed by atoms with van der Waals surface area (Å²) in [5.74, 6) is 0.387. The third kappa shape index (κ3) is 3.11. The fraction of sp³-hybridized carbons (Fsp3) is 0.933. The average Bonchev–Trinajstić information content (AvgIpc) is 3.23. The van der Waals surface area contributed by atoms with Gasteiger partial charge in [-0.3, -0.25) is 4.79 Å². The van der Waals surface area contributed by atoms with Crippen LogP contribution in [0.4, 0.5) is 0 Å². The first kappa shape index (κ1) is 14.8. The minimum atomic E-state index is -0.695. The highest BCUT2D eigenvalue weighted by Gasteiger charge is 2.45. The molecule has 4 nitrogen and oxygen atoms in total. The number of rotatable bonds is 5. The van der Waals surface area contributed by atoms with Gasteiger partial charge < -0.3 is 15.8 Å². The summed E-state index contributed by atoms with van der Waals surface area (Å²) in [7, 11) is 0. The fourth-order valence-electron chi connectivity index (χ4n) is 3.10. The second kappa shape index (κ2) is 5.41. The summed E-state index contributed by atoms with van der Waals surface area (Å²) < 4.78 is 5.94. The Morgan fingerprint density at radius 2 is 2.00 bits per heavy atom. The molecule has 110 valence electrons. The molecule has 1 aliphatic heterocycles. The first-order valence-corrected chi connectivity index (χ1v) is 7.67. The minimum absolute atomic E-state index is 0.0167. The number of nitrogens with one attached hydrogen (secondary N) is 1. The molecule has 1 heterocycles. The first-order chi connectivity index (χ1) is 8.93. The van der Waals surface area contributed by atoms with E-state index in [0.717, 1.165) is 45.1 Å². The van der Waals surface area contributed by atoms with Crippen LogP contribution in [-0.4, -0.2) is 29.7 Å². The number of carbonyl (C=O) groups excluding carboxylic acids is 1. The van der Waals surface area contributed by atoms with E-state index in [9.17, 15) is 4.79 Å². The van der Waals surface area contributed by atoms with E-state index in [1.165, 1.54) is 0 Å². The van der Waals surface area contributed by atoms with Crippen molar-refractivity contribution in [1.82, 2.24) is 5.32 Å². The van der Waals surface area contributed by atoms with Gasteiger partial charge in [-0.2, -0.15) is 0 Å². The maximum atomic E-state index is 12.3. The average molecular weight is 268 g/mol. The summed E-state index contributed by atoms with van der Waals surface area (Å²) in [5, 5.41) is 3.16. The summed E-state index contributed by atoms with van der Waals surface area (Å²) >= 11 is 0. The molecule has 2 atom stereocenters. The molecule has 2 aliphatic rings. The molecule has 2 unspecified atom stereocenters. The first-order valence-electron chi connectivity index (χ1n) is 7.67. The molecular formula is C15H28N2O2. The van der Waals surface area contributed by atoms with Crippen molar-refractivity contribution < 1.29 is 9.53 Å². The number of hydrogen-bond acceptors (Lipinski definition) is 3. The molecule has 0 radical (unpaired) electrons. The smallest absolute Gasteiger partial charge is 0.240 e. The van der Waals surface area contributed by atoms with Crippen LogP contribution in [0.5, 0.6) is 0 Å². The molecule has 0 aromatic rings. The number of carbonyl (C=O) groups is 1. The molecule has 1 aliphatic carbocycles. The number of ether oxygens (including phenoxy) is 1. The predicted octanol–water partition coefficient (Wildman–Crippen LogP) is 1.97. The Hall–Kier alpha value is -0.610. The van der Waals surface area contributed by atoms with Crippen molar-refractivity contribution >= 4 is 5.91 Å². The Bertz CT molecular complexity index is 333. The Kier molecular flexibility index (Phi) is 4.21. The minimum Gasteiger partial charge on any atom is -0.375 e. The van der Waals surface area contributed by atoms with Gasteiger partial charge >= 0.3 is 0 Å². The molecule has 1 saturated carbocycles. The van der Waals surface area contributed by atoms with E-state index >= 15 is 0 Å². The van der Waals surface area contributed by atoms with Gasteiger partial charge in [-0.05, 0) is 51.4 Å². The zero-order valence-electron chi connectivity index (χ0n) is 12.5. The summed E-state index contributed by atoms with van der Waals surface area (Å²) in [6, 6.07) is 0.211. The summed E-state index contributed by atoms with van der Waals surface area (Å²) in [6.45, 7) is 6.92. The number of nitrogens with two attached hydrogens (primary N) is 1. The highest BCUT2D eigenvalue weighted by Crippen LogP contribution is 2.38. The molecule has 3 N–H and O–H groups in total. The largest absolute Gasteiger partial charge is 0.375 e. The van der Waals surface area contributed by atoms with Gasteiger partial charge in [0.25, 0.3) is 0 Å². The third-order valence-corrected chi connectivity index (χ3v) is 5.03. The van der Waals surface area contributed by atoms with Crippen LogP contribution in [-0.2, 0) is 9.53 Å². The molecule has 2 rings (SSSR count).